The van der Waals surface area contributed by atoms with Gasteiger partial charge in [-0.3, -0.25) is 4.79 Å². The topological polar surface area (TPSA) is 44.8 Å². The summed E-state index contributed by atoms with van der Waals surface area (Å²) in [6, 6.07) is 16.0. The quantitative estimate of drug-likeness (QED) is 0.753. The first-order chi connectivity index (χ1) is 13.4. The summed E-state index contributed by atoms with van der Waals surface area (Å²) in [5.74, 6) is 0.800. The first kappa shape index (κ1) is 17.5. The molecule has 4 heteroatoms. The predicted molar refractivity (Wildman–Crippen MR) is 105 cm³/mol. The molecule has 0 N–H and O–H groups in total. The van der Waals surface area contributed by atoms with Crippen LogP contribution in [-0.2, 0) is 26.5 Å². The van der Waals surface area contributed by atoms with Crippen molar-refractivity contribution >= 4 is 5.78 Å². The predicted octanol–water partition coefficient (Wildman–Crippen LogP) is 4.84. The number of allylic oxidation sites excluding steroid dienone is 1. The molecule has 0 amide bonds. The fraction of sp³-hybridized carbons (Fsp3) is 0.375. The third-order valence-corrected chi connectivity index (χ3v) is 6.03. The fourth-order valence-electron chi connectivity index (χ4n) is 4.71. The average Bonchev–Trinajstić information content (AvgIpc) is 2.66. The van der Waals surface area contributed by atoms with Crippen molar-refractivity contribution in [3.05, 3.63) is 76.6 Å². The number of Topliss-reactive ketones (excluding diaryl/α,β-unsaturated/α-hetero) is 1. The minimum absolute atomic E-state index is 0.109. The molecule has 2 bridgehead atoms. The molecule has 0 saturated carbocycles. The van der Waals surface area contributed by atoms with Crippen LogP contribution in [0.1, 0.15) is 49.5 Å². The average molecular weight is 376 g/mol. The maximum Gasteiger partial charge on any atom is 0.241 e. The van der Waals surface area contributed by atoms with Gasteiger partial charge in [0.2, 0.25) is 5.79 Å². The van der Waals surface area contributed by atoms with Crippen LogP contribution in [0, 0.1) is 5.41 Å². The Morgan fingerprint density at radius 3 is 2.50 bits per heavy atom. The minimum Gasteiger partial charge on any atom is -0.497 e. The minimum atomic E-state index is -0.919. The maximum absolute atomic E-state index is 13.0. The Kier molecular flexibility index (Phi) is 3.72. The van der Waals surface area contributed by atoms with Crippen LogP contribution >= 0.6 is 0 Å². The van der Waals surface area contributed by atoms with E-state index in [1.165, 1.54) is 5.56 Å². The van der Waals surface area contributed by atoms with Crippen LogP contribution in [0.15, 0.2) is 59.9 Å². The lowest BCUT2D eigenvalue weighted by Gasteiger charge is -2.49. The van der Waals surface area contributed by atoms with Crippen LogP contribution in [-0.4, -0.2) is 12.9 Å². The van der Waals surface area contributed by atoms with E-state index in [1.54, 1.807) is 7.11 Å². The van der Waals surface area contributed by atoms with Crippen molar-refractivity contribution in [1.29, 1.82) is 0 Å². The number of rotatable bonds is 2. The van der Waals surface area contributed by atoms with Gasteiger partial charge in [0.05, 0.1) is 12.7 Å². The van der Waals surface area contributed by atoms with Gasteiger partial charge in [-0.25, -0.2) is 0 Å². The molecule has 2 aromatic carbocycles. The maximum atomic E-state index is 13.0. The summed E-state index contributed by atoms with van der Waals surface area (Å²) in [7, 11) is 1.65. The van der Waals surface area contributed by atoms with Gasteiger partial charge in [-0.15, -0.1) is 0 Å². The van der Waals surface area contributed by atoms with Crippen LogP contribution in [0.25, 0.3) is 0 Å². The molecule has 5 rings (SSSR count). The third-order valence-electron chi connectivity index (χ3n) is 6.03. The number of hydrogen-bond donors (Lipinski definition) is 0. The smallest absolute Gasteiger partial charge is 0.241 e. The Hall–Kier alpha value is -2.59. The second-order valence-electron chi connectivity index (χ2n) is 8.73. The molecule has 0 spiro atoms. The molecule has 28 heavy (non-hydrogen) atoms. The normalized spacial score (nSPS) is 27.5. The zero-order chi connectivity index (χ0) is 19.5. The number of carbonyl (C=O) groups excluding carboxylic acids is 1. The Labute approximate surface area is 165 Å². The second-order valence-corrected chi connectivity index (χ2v) is 8.73. The SMILES string of the molecule is COc1ccc([C@]23Cc4ccccc4[C@H](O2)C2=C(CC(C)(C)CC2=O)O3)cc1. The summed E-state index contributed by atoms with van der Waals surface area (Å²) in [4.78, 5) is 13.0. The number of ether oxygens (including phenoxy) is 3. The van der Waals surface area contributed by atoms with Gasteiger partial charge in [0, 0.05) is 24.8 Å². The Morgan fingerprint density at radius 2 is 1.75 bits per heavy atom. The van der Waals surface area contributed by atoms with Gasteiger partial charge in [-0.2, -0.15) is 0 Å². The second kappa shape index (κ2) is 5.95. The van der Waals surface area contributed by atoms with Crippen molar-refractivity contribution < 1.29 is 19.0 Å². The van der Waals surface area contributed by atoms with Crippen LogP contribution in [0.3, 0.4) is 0 Å². The van der Waals surface area contributed by atoms with Crippen LogP contribution in [0.2, 0.25) is 0 Å². The van der Waals surface area contributed by atoms with Crippen molar-refractivity contribution in [2.75, 3.05) is 7.11 Å². The summed E-state index contributed by atoms with van der Waals surface area (Å²) in [6.45, 7) is 4.24. The molecule has 144 valence electrons. The molecule has 2 atom stereocenters. The van der Waals surface area contributed by atoms with Gasteiger partial charge in [0.25, 0.3) is 0 Å². The fourth-order valence-corrected chi connectivity index (χ4v) is 4.71. The molecule has 2 aliphatic heterocycles. The van der Waals surface area contributed by atoms with Crippen molar-refractivity contribution in [2.45, 2.75) is 45.0 Å². The molecule has 1 aliphatic carbocycles. The number of ketones is 1. The summed E-state index contributed by atoms with van der Waals surface area (Å²) >= 11 is 0. The Morgan fingerprint density at radius 1 is 1.00 bits per heavy atom. The van der Waals surface area contributed by atoms with Crippen LogP contribution in [0.5, 0.6) is 5.75 Å². The van der Waals surface area contributed by atoms with Gasteiger partial charge >= 0.3 is 0 Å². The lowest BCUT2D eigenvalue weighted by Crippen LogP contribution is -2.47. The molecule has 0 unspecified atom stereocenters. The third kappa shape index (κ3) is 2.59. The monoisotopic (exact) mass is 376 g/mol. The zero-order valence-electron chi connectivity index (χ0n) is 16.5. The van der Waals surface area contributed by atoms with E-state index in [0.717, 1.165) is 29.1 Å². The molecule has 3 aliphatic rings. The largest absolute Gasteiger partial charge is 0.497 e. The van der Waals surface area contributed by atoms with E-state index in [4.69, 9.17) is 14.2 Å². The molecule has 2 heterocycles. The van der Waals surface area contributed by atoms with E-state index in [1.807, 2.05) is 36.4 Å². The van der Waals surface area contributed by atoms with E-state index in [9.17, 15) is 4.79 Å². The van der Waals surface area contributed by atoms with Gasteiger partial charge in [-0.05, 0) is 40.8 Å². The molecule has 2 aromatic rings. The highest BCUT2D eigenvalue weighted by Crippen LogP contribution is 2.55. The van der Waals surface area contributed by atoms with Gasteiger partial charge in [0.15, 0.2) is 5.78 Å². The van der Waals surface area contributed by atoms with Crippen LogP contribution < -0.4 is 4.74 Å². The zero-order valence-corrected chi connectivity index (χ0v) is 16.5. The van der Waals surface area contributed by atoms with E-state index < -0.39 is 5.79 Å². The number of hydrogen-bond acceptors (Lipinski definition) is 4. The molecule has 0 radical (unpaired) electrons. The lowest BCUT2D eigenvalue weighted by molar-refractivity contribution is -0.272. The molecule has 0 fully saturated rings. The van der Waals surface area contributed by atoms with E-state index in [0.29, 0.717) is 18.4 Å². The van der Waals surface area contributed by atoms with E-state index >= 15 is 0 Å². The van der Waals surface area contributed by atoms with Gasteiger partial charge < -0.3 is 14.2 Å². The van der Waals surface area contributed by atoms with E-state index in [-0.39, 0.29) is 17.3 Å². The lowest BCUT2D eigenvalue weighted by atomic mass is 9.72. The van der Waals surface area contributed by atoms with Crippen molar-refractivity contribution in [1.82, 2.24) is 0 Å². The Bertz CT molecular complexity index is 986. The number of fused-ring (bicyclic) bond motifs is 5. The number of methoxy groups -OCH3 is 1. The van der Waals surface area contributed by atoms with Crippen LogP contribution in [0.4, 0.5) is 0 Å². The molecular formula is C24H24O4. The van der Waals surface area contributed by atoms with Crippen molar-refractivity contribution in [2.24, 2.45) is 5.41 Å². The van der Waals surface area contributed by atoms with Crippen molar-refractivity contribution in [3.63, 3.8) is 0 Å². The van der Waals surface area contributed by atoms with Crippen molar-refractivity contribution in [3.8, 4) is 5.75 Å². The summed E-state index contributed by atoms with van der Waals surface area (Å²) in [5, 5.41) is 0. The van der Waals surface area contributed by atoms with Gasteiger partial charge in [-0.1, -0.05) is 38.1 Å². The molecule has 0 aromatic heterocycles. The summed E-state index contributed by atoms with van der Waals surface area (Å²) in [6.07, 6.45) is 1.50. The number of carbonyl (C=O) groups is 1. The first-order valence-corrected chi connectivity index (χ1v) is 9.76. The number of benzene rings is 2. The molecular weight excluding hydrogens is 352 g/mol. The summed E-state index contributed by atoms with van der Waals surface area (Å²) < 4.78 is 18.4. The standard InChI is InChI=1S/C24H24O4/c1-23(2)13-19(25)21-20(14-23)27-24(16-8-10-17(26-3)11-9-16)12-15-6-4-5-7-18(15)22(21)28-24/h4-11,22H,12-14H2,1-3H3/t22-,24-/m0/s1. The van der Waals surface area contributed by atoms with Gasteiger partial charge in [0.1, 0.15) is 17.6 Å². The summed E-state index contributed by atoms with van der Waals surface area (Å²) in [5.41, 5.74) is 3.78. The first-order valence-electron chi connectivity index (χ1n) is 9.76. The Balaban J connectivity index is 1.69. The highest BCUT2D eigenvalue weighted by atomic mass is 16.7. The molecule has 0 saturated heterocycles. The highest BCUT2D eigenvalue weighted by molar-refractivity contribution is 5.98. The van der Waals surface area contributed by atoms with E-state index in [2.05, 4.69) is 26.0 Å². The highest BCUT2D eigenvalue weighted by Gasteiger charge is 2.53. The molecule has 4 nitrogen and oxygen atoms in total.